The van der Waals surface area contributed by atoms with E-state index in [9.17, 15) is 0 Å². The zero-order chi connectivity index (χ0) is 38.2. The molecule has 0 saturated carbocycles. The molecule has 1 atom stereocenters. The lowest BCUT2D eigenvalue weighted by atomic mass is 9.89. The summed E-state index contributed by atoms with van der Waals surface area (Å²) in [4.78, 5) is 0. The highest BCUT2D eigenvalue weighted by Gasteiger charge is 2.09. The molecule has 0 amide bonds. The fraction of sp³-hybridized carbons (Fsp3) is 0.981. The van der Waals surface area contributed by atoms with E-state index in [-0.39, 0.29) is 0 Å². The smallest absolute Gasteiger partial charge is 0.0414 e. The van der Waals surface area contributed by atoms with Gasteiger partial charge in [-0.25, -0.2) is 0 Å². The van der Waals surface area contributed by atoms with Gasteiger partial charge in [-0.15, -0.1) is 0 Å². The van der Waals surface area contributed by atoms with E-state index in [0.717, 1.165) is 12.3 Å². The van der Waals surface area contributed by atoms with Crippen LogP contribution in [0.15, 0.2) is 0 Å². The summed E-state index contributed by atoms with van der Waals surface area (Å²) in [5.74, 6) is 1.01. The zero-order valence-corrected chi connectivity index (χ0v) is 37.9. The van der Waals surface area contributed by atoms with Gasteiger partial charge in [0, 0.05) is 0 Å². The van der Waals surface area contributed by atoms with E-state index in [4.69, 9.17) is 0 Å². The van der Waals surface area contributed by atoms with Crippen LogP contribution in [0.3, 0.4) is 0 Å². The second-order valence-corrected chi connectivity index (χ2v) is 18.3. The molecule has 0 heteroatoms. The Morgan fingerprint density at radius 1 is 0.208 bits per heavy atom. The minimum Gasteiger partial charge on any atom is -0.0654 e. The predicted molar refractivity (Wildman–Crippen MR) is 246 cm³/mol. The van der Waals surface area contributed by atoms with E-state index in [1.54, 1.807) is 0 Å². The van der Waals surface area contributed by atoms with E-state index >= 15 is 0 Å². The molecule has 1 radical (unpaired) electrons. The second kappa shape index (κ2) is 50.0. The van der Waals surface area contributed by atoms with Crippen LogP contribution in [0, 0.1) is 12.8 Å². The van der Waals surface area contributed by atoms with Crippen LogP contribution in [-0.4, -0.2) is 0 Å². The minimum atomic E-state index is 1.01. The summed E-state index contributed by atoms with van der Waals surface area (Å²) >= 11 is 0. The van der Waals surface area contributed by atoms with Crippen molar-refractivity contribution >= 4 is 0 Å². The average Bonchev–Trinajstić information content (AvgIpc) is 3.17. The summed E-state index contributed by atoms with van der Waals surface area (Å²) in [6, 6.07) is 0. The van der Waals surface area contributed by atoms with E-state index in [1.807, 2.05) is 0 Å². The molecule has 0 aliphatic rings. The topological polar surface area (TPSA) is 0 Å². The van der Waals surface area contributed by atoms with Crippen LogP contribution in [0.1, 0.15) is 328 Å². The van der Waals surface area contributed by atoms with Crippen LogP contribution in [0.5, 0.6) is 0 Å². The monoisotopic (exact) mass is 744 g/mol. The van der Waals surface area contributed by atoms with E-state index in [1.165, 1.54) is 308 Å². The number of hydrogen-bond acceptors (Lipinski definition) is 0. The van der Waals surface area contributed by atoms with Crippen LogP contribution in [0.25, 0.3) is 0 Å². The lowest BCUT2D eigenvalue weighted by Gasteiger charge is -2.17. The third kappa shape index (κ3) is 48.1. The van der Waals surface area contributed by atoms with Gasteiger partial charge in [0.1, 0.15) is 0 Å². The maximum absolute atomic E-state index is 4.10. The van der Waals surface area contributed by atoms with Gasteiger partial charge in [-0.2, -0.15) is 0 Å². The molecule has 0 aromatic heterocycles. The highest BCUT2D eigenvalue weighted by Crippen LogP contribution is 2.25. The van der Waals surface area contributed by atoms with Crippen LogP contribution < -0.4 is 0 Å². The van der Waals surface area contributed by atoms with Crippen LogP contribution in [0.4, 0.5) is 0 Å². The molecule has 319 valence electrons. The van der Waals surface area contributed by atoms with Crippen LogP contribution >= 0.6 is 0 Å². The summed E-state index contributed by atoms with van der Waals surface area (Å²) in [6.07, 6.45) is 72.1. The van der Waals surface area contributed by atoms with Crippen molar-refractivity contribution in [1.82, 2.24) is 0 Å². The van der Waals surface area contributed by atoms with Gasteiger partial charge in [0.25, 0.3) is 0 Å². The number of hydrogen-bond donors (Lipinski definition) is 0. The Labute approximate surface area is 340 Å². The summed E-state index contributed by atoms with van der Waals surface area (Å²) in [7, 11) is 0. The molecule has 0 heterocycles. The minimum absolute atomic E-state index is 1.01. The molecule has 0 aliphatic heterocycles. The molecule has 0 aromatic carbocycles. The molecule has 0 N–H and O–H groups in total. The Bertz CT molecular complexity index is 593. The molecule has 0 spiro atoms. The molecular formula is C53H107. The Morgan fingerprint density at radius 2 is 0.358 bits per heavy atom. The summed E-state index contributed by atoms with van der Waals surface area (Å²) in [5.41, 5.74) is 0. The Kier molecular flexibility index (Phi) is 50.0. The van der Waals surface area contributed by atoms with Crippen molar-refractivity contribution in [1.29, 1.82) is 0 Å². The normalized spacial score (nSPS) is 12.3. The van der Waals surface area contributed by atoms with Gasteiger partial charge in [0.2, 0.25) is 0 Å². The first-order chi connectivity index (χ1) is 26.3. The maximum atomic E-state index is 4.10. The van der Waals surface area contributed by atoms with Gasteiger partial charge in [-0.05, 0) is 5.92 Å². The number of rotatable bonds is 49. The largest absolute Gasteiger partial charge is 0.0654 e. The van der Waals surface area contributed by atoms with Crippen molar-refractivity contribution in [3.05, 3.63) is 6.92 Å². The third-order valence-electron chi connectivity index (χ3n) is 12.8. The molecule has 0 bridgehead atoms. The van der Waals surface area contributed by atoms with E-state index in [0.29, 0.717) is 0 Å². The van der Waals surface area contributed by atoms with Crippen molar-refractivity contribution in [2.45, 2.75) is 328 Å². The number of unbranched alkanes of at least 4 members (excludes halogenated alkanes) is 43. The molecule has 1 unspecified atom stereocenters. The van der Waals surface area contributed by atoms with Crippen molar-refractivity contribution in [2.24, 2.45) is 5.92 Å². The van der Waals surface area contributed by atoms with Crippen LogP contribution in [0.2, 0.25) is 0 Å². The highest BCUT2D eigenvalue weighted by atomic mass is 14.1. The Morgan fingerprint density at radius 3 is 0.528 bits per heavy atom. The summed E-state index contributed by atoms with van der Waals surface area (Å²) < 4.78 is 0. The highest BCUT2D eigenvalue weighted by molar-refractivity contribution is 4.63. The zero-order valence-electron chi connectivity index (χ0n) is 37.9. The molecule has 0 nitrogen and oxygen atoms in total. The fourth-order valence-electron chi connectivity index (χ4n) is 8.95. The first-order valence-corrected chi connectivity index (χ1v) is 26.1. The Hall–Kier alpha value is 0. The van der Waals surface area contributed by atoms with Gasteiger partial charge in [-0.1, -0.05) is 335 Å². The average molecular weight is 744 g/mol. The SMILES string of the molecule is [CH2]CCCCC(CCCCCCCCCCCCCCCCCCCCCC)CCCCCCCCCCCCCCCCCCCCCCCCC. The molecule has 0 rings (SSSR count). The molecule has 0 aromatic rings. The second-order valence-electron chi connectivity index (χ2n) is 18.3. The maximum Gasteiger partial charge on any atom is -0.0414 e. The molecule has 0 fully saturated rings. The molecule has 0 aliphatic carbocycles. The summed E-state index contributed by atoms with van der Waals surface area (Å²) in [6.45, 7) is 8.73. The van der Waals surface area contributed by atoms with Crippen LogP contribution in [-0.2, 0) is 0 Å². The van der Waals surface area contributed by atoms with Crippen molar-refractivity contribution in [3.8, 4) is 0 Å². The molecular weight excluding hydrogens is 637 g/mol. The molecule has 53 heavy (non-hydrogen) atoms. The lowest BCUT2D eigenvalue weighted by molar-refractivity contribution is 0.368. The van der Waals surface area contributed by atoms with E-state index < -0.39 is 0 Å². The van der Waals surface area contributed by atoms with Crippen molar-refractivity contribution < 1.29 is 0 Å². The standard InChI is InChI=1S/C53H107/c1-4-7-10-12-14-16-18-20-22-24-26-28-29-30-32-34-36-38-40-42-44-46-49-52-53(50-47-9-6-3)51-48-45-43-41-39-37-35-33-31-27-25-23-21-19-17-15-13-11-8-5-2/h53H,3-52H2,1-2H3. The fourth-order valence-corrected chi connectivity index (χ4v) is 8.95. The first-order valence-electron chi connectivity index (χ1n) is 26.1. The summed E-state index contributed by atoms with van der Waals surface area (Å²) in [5, 5.41) is 0. The van der Waals surface area contributed by atoms with E-state index in [2.05, 4.69) is 20.8 Å². The molecule has 0 saturated heterocycles. The van der Waals surface area contributed by atoms with Gasteiger partial charge in [-0.3, -0.25) is 0 Å². The quantitative estimate of drug-likeness (QED) is 0.0544. The van der Waals surface area contributed by atoms with Gasteiger partial charge in [0.15, 0.2) is 0 Å². The third-order valence-corrected chi connectivity index (χ3v) is 12.8. The Balaban J connectivity index is 3.46. The van der Waals surface area contributed by atoms with Gasteiger partial charge >= 0.3 is 0 Å². The van der Waals surface area contributed by atoms with Crippen molar-refractivity contribution in [3.63, 3.8) is 0 Å². The van der Waals surface area contributed by atoms with Gasteiger partial charge < -0.3 is 0 Å². The van der Waals surface area contributed by atoms with Gasteiger partial charge in [0.05, 0.1) is 0 Å². The lowest BCUT2D eigenvalue weighted by Crippen LogP contribution is -2.01. The predicted octanol–water partition coefficient (Wildman–Crippen LogP) is 20.6. The van der Waals surface area contributed by atoms with Crippen molar-refractivity contribution in [2.75, 3.05) is 0 Å². The first kappa shape index (κ1) is 53.0.